The van der Waals surface area contributed by atoms with E-state index < -0.39 is 16.9 Å². The number of carbonyl (C=O) groups excluding carboxylic acids is 1. The van der Waals surface area contributed by atoms with Crippen LogP contribution in [-0.2, 0) is 14.9 Å². The first-order valence-electron chi connectivity index (χ1n) is 9.64. The van der Waals surface area contributed by atoms with E-state index in [2.05, 4.69) is 35.3 Å². The van der Waals surface area contributed by atoms with Crippen molar-refractivity contribution < 1.29 is 14.6 Å². The number of ether oxygens (including phenoxy) is 1. The Morgan fingerprint density at radius 2 is 2.23 bits per heavy atom. The fraction of sp³-hybridized carbons (Fsp3) is 0.571. The van der Waals surface area contributed by atoms with Gasteiger partial charge in [-0.25, -0.2) is 0 Å². The number of hydrogen-bond donors (Lipinski definition) is 2. The molecule has 8 atom stereocenters. The molecule has 6 aliphatic rings. The highest BCUT2D eigenvalue weighted by Crippen LogP contribution is 2.71. The third-order valence-electron chi connectivity index (χ3n) is 8.30. The van der Waals surface area contributed by atoms with Gasteiger partial charge in [0.2, 0.25) is 0 Å². The van der Waals surface area contributed by atoms with Crippen LogP contribution in [0.15, 0.2) is 35.9 Å². The number of anilines is 1. The van der Waals surface area contributed by atoms with Crippen molar-refractivity contribution in [3.8, 4) is 0 Å². The smallest absolute Gasteiger partial charge is 0.316 e. The number of benzene rings is 1. The number of esters is 1. The molecule has 5 aliphatic heterocycles. The van der Waals surface area contributed by atoms with E-state index in [1.165, 1.54) is 18.2 Å². The van der Waals surface area contributed by atoms with E-state index in [-0.39, 0.29) is 24.0 Å². The molecule has 26 heavy (non-hydrogen) atoms. The van der Waals surface area contributed by atoms with Crippen molar-refractivity contribution in [2.24, 2.45) is 11.3 Å². The Bertz CT molecular complexity index is 867. The number of nitrogens with one attached hydrogen (secondary N) is 1. The van der Waals surface area contributed by atoms with Crippen LogP contribution in [0.25, 0.3) is 0 Å². The fourth-order valence-corrected chi connectivity index (χ4v) is 7.49. The predicted octanol–water partition coefficient (Wildman–Crippen LogP) is 1.68. The zero-order valence-corrected chi connectivity index (χ0v) is 15.1. The van der Waals surface area contributed by atoms with Crippen molar-refractivity contribution in [1.82, 2.24) is 4.90 Å². The second kappa shape index (κ2) is 4.52. The molecule has 5 nitrogen and oxygen atoms in total. The van der Waals surface area contributed by atoms with Crippen LogP contribution in [0.5, 0.6) is 0 Å². The minimum Gasteiger partial charge on any atom is -0.468 e. The molecule has 0 radical (unpaired) electrons. The normalized spacial score (nSPS) is 50.5. The number of aliphatic hydroxyl groups excluding tert-OH is 1. The maximum absolute atomic E-state index is 13.2. The van der Waals surface area contributed by atoms with Gasteiger partial charge in [0, 0.05) is 35.6 Å². The van der Waals surface area contributed by atoms with Gasteiger partial charge in [-0.1, -0.05) is 29.8 Å². The molecule has 5 bridgehead atoms. The van der Waals surface area contributed by atoms with E-state index in [1.54, 1.807) is 0 Å². The lowest BCUT2D eigenvalue weighted by molar-refractivity contribution is -0.179. The van der Waals surface area contributed by atoms with E-state index >= 15 is 0 Å². The highest BCUT2D eigenvalue weighted by molar-refractivity contribution is 5.84. The largest absolute Gasteiger partial charge is 0.468 e. The summed E-state index contributed by atoms with van der Waals surface area (Å²) >= 11 is 0. The number of hydrogen-bond acceptors (Lipinski definition) is 5. The van der Waals surface area contributed by atoms with E-state index in [4.69, 9.17) is 4.74 Å². The molecule has 1 aromatic rings. The second-order valence-electron chi connectivity index (χ2n) is 8.65. The predicted molar refractivity (Wildman–Crippen MR) is 96.7 cm³/mol. The second-order valence-corrected chi connectivity index (χ2v) is 8.65. The lowest BCUT2D eigenvalue weighted by Gasteiger charge is -2.60. The molecular formula is C21H24N2O3. The first-order chi connectivity index (χ1) is 12.6. The van der Waals surface area contributed by atoms with Crippen LogP contribution in [0.1, 0.15) is 25.3 Å². The minimum absolute atomic E-state index is 0.0570. The van der Waals surface area contributed by atoms with E-state index in [1.807, 2.05) is 12.1 Å². The van der Waals surface area contributed by atoms with Gasteiger partial charge in [-0.3, -0.25) is 9.69 Å². The Labute approximate surface area is 153 Å². The first kappa shape index (κ1) is 15.2. The number of allylic oxidation sites excluding steroid dienone is 1. The Hall–Kier alpha value is -1.85. The first-order valence-corrected chi connectivity index (χ1v) is 9.64. The maximum Gasteiger partial charge on any atom is 0.316 e. The van der Waals surface area contributed by atoms with Gasteiger partial charge < -0.3 is 15.2 Å². The Morgan fingerprint density at radius 3 is 3.00 bits per heavy atom. The maximum atomic E-state index is 13.2. The summed E-state index contributed by atoms with van der Waals surface area (Å²) in [5.41, 5.74) is 2.34. The van der Waals surface area contributed by atoms with Gasteiger partial charge in [0.1, 0.15) is 5.41 Å². The number of aliphatic hydroxyl groups is 1. The van der Waals surface area contributed by atoms with Gasteiger partial charge in [0.15, 0.2) is 0 Å². The van der Waals surface area contributed by atoms with Crippen LogP contribution < -0.4 is 5.32 Å². The zero-order chi connectivity index (χ0) is 17.8. The molecule has 4 saturated heterocycles. The monoisotopic (exact) mass is 352 g/mol. The van der Waals surface area contributed by atoms with Crippen molar-refractivity contribution in [1.29, 1.82) is 0 Å². The Morgan fingerprint density at radius 1 is 1.42 bits per heavy atom. The summed E-state index contributed by atoms with van der Waals surface area (Å²) in [7, 11) is 1.46. The van der Waals surface area contributed by atoms with E-state index in [9.17, 15) is 9.90 Å². The topological polar surface area (TPSA) is 61.8 Å². The number of piperidine rings is 4. The minimum atomic E-state index is -0.848. The number of carbonyl (C=O) groups is 1. The van der Waals surface area contributed by atoms with E-state index in [0.29, 0.717) is 6.04 Å². The van der Waals surface area contributed by atoms with E-state index in [0.717, 1.165) is 25.1 Å². The average Bonchev–Trinajstić information content (AvgIpc) is 3.13. The van der Waals surface area contributed by atoms with Gasteiger partial charge in [0.25, 0.3) is 0 Å². The summed E-state index contributed by atoms with van der Waals surface area (Å²) in [5, 5.41) is 15.6. The SMILES string of the molecule is C/C=C1/CN2C3CC45c6ccccc6N[C@@H]4[C@@H]2C[C@H]1[C@]3(C(=O)OC)C5O. The zero-order valence-electron chi connectivity index (χ0n) is 15.1. The van der Waals surface area contributed by atoms with Crippen LogP contribution in [0, 0.1) is 11.3 Å². The number of methoxy groups -OCH3 is 1. The highest BCUT2D eigenvalue weighted by atomic mass is 16.5. The van der Waals surface area contributed by atoms with Crippen LogP contribution in [0.2, 0.25) is 0 Å². The van der Waals surface area contributed by atoms with Crippen LogP contribution in [0.3, 0.4) is 0 Å². The molecular weight excluding hydrogens is 328 g/mol. The standard InChI is InChI=1S/C21H24N2O3/c1-3-11-10-23-15-8-13(11)21(19(25)26-2)16(23)9-20(18(21)24)12-6-4-5-7-14(12)22-17(15)20/h3-7,13,15-18,22,24H,8-10H2,1-2H3/b11-3-/t13-,15+,16?,17-,18?,20?,21-/m1/s1. The molecule has 1 aliphatic carbocycles. The third-order valence-corrected chi connectivity index (χ3v) is 8.30. The summed E-state index contributed by atoms with van der Waals surface area (Å²) in [6, 6.07) is 8.89. The summed E-state index contributed by atoms with van der Waals surface area (Å²) < 4.78 is 5.34. The lowest BCUT2D eigenvalue weighted by atomic mass is 9.58. The van der Waals surface area contributed by atoms with Crippen LogP contribution in [-0.4, -0.2) is 53.9 Å². The molecule has 1 spiro atoms. The van der Waals surface area contributed by atoms with Gasteiger partial charge in [-0.2, -0.15) is 0 Å². The molecule has 1 saturated carbocycles. The van der Waals surface area contributed by atoms with Gasteiger partial charge in [-0.15, -0.1) is 0 Å². The summed E-state index contributed by atoms with van der Waals surface area (Å²) in [5.74, 6) is -0.154. The average molecular weight is 352 g/mol. The quantitative estimate of drug-likeness (QED) is 0.595. The van der Waals surface area contributed by atoms with Crippen molar-refractivity contribution in [2.75, 3.05) is 19.0 Å². The van der Waals surface area contributed by atoms with Crippen molar-refractivity contribution in [2.45, 2.75) is 49.4 Å². The molecule has 5 heteroatoms. The molecule has 0 amide bonds. The summed E-state index contributed by atoms with van der Waals surface area (Å²) in [6.07, 6.45) is 3.15. The number of para-hydroxylation sites is 1. The fourth-order valence-electron chi connectivity index (χ4n) is 7.49. The third kappa shape index (κ3) is 1.28. The molecule has 5 heterocycles. The molecule has 5 fully saturated rings. The van der Waals surface area contributed by atoms with Gasteiger partial charge in [0.05, 0.1) is 19.3 Å². The summed E-state index contributed by atoms with van der Waals surface area (Å²) in [4.78, 5) is 15.7. The van der Waals surface area contributed by atoms with Crippen molar-refractivity contribution in [3.63, 3.8) is 0 Å². The van der Waals surface area contributed by atoms with Crippen LogP contribution >= 0.6 is 0 Å². The Kier molecular flexibility index (Phi) is 2.65. The number of nitrogens with zero attached hydrogens (tertiary/aromatic N) is 1. The highest BCUT2D eigenvalue weighted by Gasteiger charge is 2.82. The van der Waals surface area contributed by atoms with Crippen LogP contribution in [0.4, 0.5) is 5.69 Å². The van der Waals surface area contributed by atoms with Gasteiger partial charge >= 0.3 is 5.97 Å². The molecule has 0 aromatic heterocycles. The van der Waals surface area contributed by atoms with Gasteiger partial charge in [-0.05, 0) is 31.4 Å². The summed E-state index contributed by atoms with van der Waals surface area (Å²) in [6.45, 7) is 2.96. The molecule has 136 valence electrons. The Balaban J connectivity index is 1.65. The van der Waals surface area contributed by atoms with Crippen molar-refractivity contribution in [3.05, 3.63) is 41.5 Å². The van der Waals surface area contributed by atoms with Crippen molar-refractivity contribution >= 4 is 11.7 Å². The molecule has 4 unspecified atom stereocenters. The number of fused-ring (bicyclic) bond motifs is 2. The lowest BCUT2D eigenvalue weighted by Crippen LogP contribution is -2.71. The molecule has 1 aromatic carbocycles. The molecule has 2 N–H and O–H groups in total. The number of rotatable bonds is 1. The molecule has 7 rings (SSSR count).